The highest BCUT2D eigenvalue weighted by atomic mass is 16.3. The molecule has 4 atom stereocenters. The summed E-state index contributed by atoms with van der Waals surface area (Å²) in [4.78, 5) is 16.9. The van der Waals surface area contributed by atoms with Crippen LogP contribution in [0.4, 0.5) is 0 Å². The predicted octanol–water partition coefficient (Wildman–Crippen LogP) is 0.665. The van der Waals surface area contributed by atoms with Gasteiger partial charge in [0.25, 0.3) is 0 Å². The lowest BCUT2D eigenvalue weighted by atomic mass is 9.79. The van der Waals surface area contributed by atoms with Crippen molar-refractivity contribution in [3.63, 3.8) is 0 Å². The Balaban J connectivity index is 1.97. The highest BCUT2D eigenvalue weighted by molar-refractivity contribution is 5.79. The molecule has 0 radical (unpaired) electrons. The van der Waals surface area contributed by atoms with E-state index in [2.05, 4.69) is 4.90 Å². The molecule has 1 heterocycles. The number of aliphatic hydroxyl groups is 1. The monoisotopic (exact) mass is 297 g/mol. The number of hydrogen-bond donors (Lipinski definition) is 2. The average Bonchev–Trinajstić information content (AvgIpc) is 2.78. The van der Waals surface area contributed by atoms with E-state index in [9.17, 15) is 9.90 Å². The van der Waals surface area contributed by atoms with E-state index in [1.54, 1.807) is 0 Å². The van der Waals surface area contributed by atoms with Gasteiger partial charge in [-0.3, -0.25) is 4.79 Å². The first kappa shape index (κ1) is 16.7. The Kier molecular flexibility index (Phi) is 6.02. The molecule has 1 aliphatic heterocycles. The summed E-state index contributed by atoms with van der Waals surface area (Å²) in [7, 11) is 4.04. The van der Waals surface area contributed by atoms with Gasteiger partial charge in [-0.25, -0.2) is 0 Å². The van der Waals surface area contributed by atoms with Crippen molar-refractivity contribution in [2.24, 2.45) is 17.6 Å². The molecule has 5 nitrogen and oxygen atoms in total. The molecule has 122 valence electrons. The zero-order valence-corrected chi connectivity index (χ0v) is 13.5. The number of β-amino-alcohol motifs (C(OH)–C–C–N with tert-alkyl or cyclic N) is 1. The fraction of sp³-hybridized carbons (Fsp3) is 0.938. The normalized spacial score (nSPS) is 33.7. The third-order valence-corrected chi connectivity index (χ3v) is 4.96. The molecule has 2 aliphatic rings. The molecule has 3 N–H and O–H groups in total. The van der Waals surface area contributed by atoms with Crippen LogP contribution in [0.3, 0.4) is 0 Å². The molecule has 2 rings (SSSR count). The van der Waals surface area contributed by atoms with Crippen LogP contribution in [0.25, 0.3) is 0 Å². The summed E-state index contributed by atoms with van der Waals surface area (Å²) in [5.74, 6) is 1.02. The van der Waals surface area contributed by atoms with Gasteiger partial charge in [0.2, 0.25) is 5.91 Å². The van der Waals surface area contributed by atoms with E-state index in [0.29, 0.717) is 18.9 Å². The van der Waals surface area contributed by atoms with Gasteiger partial charge in [-0.1, -0.05) is 12.8 Å². The fourth-order valence-corrected chi connectivity index (χ4v) is 4.00. The highest BCUT2D eigenvalue weighted by Gasteiger charge is 2.38. The Morgan fingerprint density at radius 3 is 2.76 bits per heavy atom. The first-order valence-electron chi connectivity index (χ1n) is 8.34. The van der Waals surface area contributed by atoms with Crippen LogP contribution in [0.2, 0.25) is 0 Å². The number of carbonyl (C=O) groups is 1. The summed E-state index contributed by atoms with van der Waals surface area (Å²) in [5.41, 5.74) is 5.66. The van der Waals surface area contributed by atoms with Crippen LogP contribution in [-0.2, 0) is 4.79 Å². The number of likely N-dealkylation sites (tertiary alicyclic amines) is 1. The molecule has 1 saturated heterocycles. The van der Waals surface area contributed by atoms with E-state index >= 15 is 0 Å². The van der Waals surface area contributed by atoms with Gasteiger partial charge in [-0.05, 0) is 52.2 Å². The Morgan fingerprint density at radius 1 is 1.33 bits per heavy atom. The van der Waals surface area contributed by atoms with Crippen LogP contribution in [0.15, 0.2) is 0 Å². The zero-order valence-electron chi connectivity index (χ0n) is 13.5. The van der Waals surface area contributed by atoms with Gasteiger partial charge in [0.1, 0.15) is 0 Å². The van der Waals surface area contributed by atoms with Crippen LogP contribution >= 0.6 is 0 Å². The molecule has 1 amide bonds. The third-order valence-electron chi connectivity index (χ3n) is 4.96. The smallest absolute Gasteiger partial charge is 0.226 e. The van der Waals surface area contributed by atoms with Crippen molar-refractivity contribution in [3.8, 4) is 0 Å². The van der Waals surface area contributed by atoms with Gasteiger partial charge in [0.15, 0.2) is 0 Å². The van der Waals surface area contributed by atoms with Gasteiger partial charge in [-0.15, -0.1) is 0 Å². The van der Waals surface area contributed by atoms with Crippen LogP contribution in [0, 0.1) is 11.8 Å². The quantitative estimate of drug-likeness (QED) is 0.782. The van der Waals surface area contributed by atoms with Gasteiger partial charge >= 0.3 is 0 Å². The minimum atomic E-state index is -0.359. The van der Waals surface area contributed by atoms with E-state index < -0.39 is 0 Å². The maximum atomic E-state index is 12.9. The summed E-state index contributed by atoms with van der Waals surface area (Å²) in [5, 5.41) is 9.94. The molecule has 5 heteroatoms. The van der Waals surface area contributed by atoms with Crippen LogP contribution in [0.1, 0.15) is 38.5 Å². The van der Waals surface area contributed by atoms with Crippen LogP contribution in [0.5, 0.6) is 0 Å². The largest absolute Gasteiger partial charge is 0.391 e. The summed E-state index contributed by atoms with van der Waals surface area (Å²) in [6, 6.07) is 0.164. The standard InChI is InChI=1S/C16H31N3O2/c1-18(2)10-14-9-15(20)11-19(14)16(21)13-5-3-4-12(8-13)6-7-17/h12-15,20H,3-11,17H2,1-2H3. The predicted molar refractivity (Wildman–Crippen MR) is 83.8 cm³/mol. The van der Waals surface area contributed by atoms with Gasteiger partial charge in [0.05, 0.1) is 6.10 Å². The first-order valence-corrected chi connectivity index (χ1v) is 8.34. The average molecular weight is 297 g/mol. The minimum Gasteiger partial charge on any atom is -0.391 e. The zero-order chi connectivity index (χ0) is 15.4. The number of rotatable bonds is 5. The number of hydrogen-bond acceptors (Lipinski definition) is 4. The number of carbonyl (C=O) groups excluding carboxylic acids is 1. The number of amides is 1. The van der Waals surface area contributed by atoms with Gasteiger partial charge in [0, 0.05) is 25.0 Å². The summed E-state index contributed by atoms with van der Waals surface area (Å²) >= 11 is 0. The summed E-state index contributed by atoms with van der Waals surface area (Å²) in [6.07, 6.45) is 5.72. The molecular weight excluding hydrogens is 266 g/mol. The van der Waals surface area contributed by atoms with Gasteiger partial charge < -0.3 is 20.6 Å². The van der Waals surface area contributed by atoms with Crippen molar-refractivity contribution in [1.82, 2.24) is 9.80 Å². The van der Waals surface area contributed by atoms with E-state index in [1.165, 1.54) is 6.42 Å². The molecular formula is C16H31N3O2. The minimum absolute atomic E-state index is 0.144. The Labute approximate surface area is 128 Å². The molecule has 21 heavy (non-hydrogen) atoms. The summed E-state index contributed by atoms with van der Waals surface area (Å²) < 4.78 is 0. The molecule has 1 aliphatic carbocycles. The maximum Gasteiger partial charge on any atom is 0.226 e. The van der Waals surface area contributed by atoms with E-state index in [4.69, 9.17) is 5.73 Å². The van der Waals surface area contributed by atoms with Crippen LogP contribution < -0.4 is 5.73 Å². The van der Waals surface area contributed by atoms with E-state index in [1.807, 2.05) is 19.0 Å². The first-order chi connectivity index (χ1) is 10.0. The van der Waals surface area contributed by atoms with Crippen molar-refractivity contribution in [2.45, 2.75) is 50.7 Å². The number of likely N-dealkylation sites (N-methyl/N-ethyl adjacent to an activating group) is 1. The number of aliphatic hydroxyl groups excluding tert-OH is 1. The second kappa shape index (κ2) is 7.56. The number of nitrogens with zero attached hydrogens (tertiary/aromatic N) is 2. The lowest BCUT2D eigenvalue weighted by molar-refractivity contribution is -0.138. The molecule has 0 aromatic carbocycles. The van der Waals surface area contributed by atoms with E-state index in [-0.39, 0.29) is 24.0 Å². The van der Waals surface area contributed by atoms with Crippen molar-refractivity contribution in [2.75, 3.05) is 33.7 Å². The number of nitrogens with two attached hydrogens (primary N) is 1. The second-order valence-corrected chi connectivity index (χ2v) is 7.10. The van der Waals surface area contributed by atoms with Crippen molar-refractivity contribution >= 4 is 5.91 Å². The maximum absolute atomic E-state index is 12.9. The summed E-state index contributed by atoms with van der Waals surface area (Å²) in [6.45, 7) is 2.06. The molecule has 0 aromatic heterocycles. The lowest BCUT2D eigenvalue weighted by Crippen LogP contribution is -2.45. The Bertz CT molecular complexity index is 346. The molecule has 0 spiro atoms. The fourth-order valence-electron chi connectivity index (χ4n) is 4.00. The molecule has 1 saturated carbocycles. The van der Waals surface area contributed by atoms with Crippen molar-refractivity contribution in [3.05, 3.63) is 0 Å². The second-order valence-electron chi connectivity index (χ2n) is 7.10. The van der Waals surface area contributed by atoms with Crippen LogP contribution in [-0.4, -0.2) is 66.7 Å². The molecule has 0 bridgehead atoms. The van der Waals surface area contributed by atoms with Gasteiger partial charge in [-0.2, -0.15) is 0 Å². The lowest BCUT2D eigenvalue weighted by Gasteiger charge is -2.34. The molecule has 0 aromatic rings. The highest BCUT2D eigenvalue weighted by Crippen LogP contribution is 2.33. The molecule has 2 fully saturated rings. The van der Waals surface area contributed by atoms with Crippen molar-refractivity contribution < 1.29 is 9.90 Å². The van der Waals surface area contributed by atoms with E-state index in [0.717, 1.165) is 38.8 Å². The third kappa shape index (κ3) is 4.41. The topological polar surface area (TPSA) is 69.8 Å². The SMILES string of the molecule is CN(C)CC1CC(O)CN1C(=O)C1CCCC(CCN)C1. The Morgan fingerprint density at radius 2 is 2.10 bits per heavy atom. The molecule has 4 unspecified atom stereocenters. The Hall–Kier alpha value is -0.650. The van der Waals surface area contributed by atoms with Crippen molar-refractivity contribution in [1.29, 1.82) is 0 Å².